The number of amides is 1. The summed E-state index contributed by atoms with van der Waals surface area (Å²) in [6.07, 6.45) is 5.24. The molecule has 0 aromatic heterocycles. The highest BCUT2D eigenvalue weighted by Crippen LogP contribution is 2.61. The molecule has 0 radical (unpaired) electrons. The zero-order valence-corrected chi connectivity index (χ0v) is 21.5. The van der Waals surface area contributed by atoms with Crippen LogP contribution in [0.1, 0.15) is 67.6 Å². The number of halogens is 1. The van der Waals surface area contributed by atoms with Crippen LogP contribution in [-0.4, -0.2) is 54.9 Å². The lowest BCUT2D eigenvalue weighted by Gasteiger charge is -2.57. The fourth-order valence-electron chi connectivity index (χ4n) is 7.17. The van der Waals surface area contributed by atoms with Gasteiger partial charge in [-0.05, 0) is 74.1 Å². The Hall–Kier alpha value is -2.28. The van der Waals surface area contributed by atoms with Crippen molar-refractivity contribution in [2.75, 3.05) is 26.8 Å². The zero-order chi connectivity index (χ0) is 25.4. The molecule has 1 amide bonds. The molecule has 2 aliphatic carbocycles. The minimum Gasteiger partial charge on any atom is -0.391 e. The Bertz CT molecular complexity index is 1110. The lowest BCUT2D eigenvalue weighted by atomic mass is 9.50. The average molecular weight is 495 g/mol. The Morgan fingerprint density at radius 1 is 1.25 bits per heavy atom. The van der Waals surface area contributed by atoms with Gasteiger partial charge in [-0.1, -0.05) is 42.3 Å². The predicted molar refractivity (Wildman–Crippen MR) is 139 cm³/mol. The fourth-order valence-corrected chi connectivity index (χ4v) is 7.17. The second-order valence-corrected chi connectivity index (χ2v) is 11.2. The summed E-state index contributed by atoms with van der Waals surface area (Å²) >= 11 is 0. The number of ether oxygens (including phenoxy) is 1. The van der Waals surface area contributed by atoms with Gasteiger partial charge in [-0.2, -0.15) is 0 Å². The molecule has 5 nitrogen and oxygen atoms in total. The number of nitrogens with two attached hydrogens (primary N) is 1. The Morgan fingerprint density at radius 2 is 2.08 bits per heavy atom. The van der Waals surface area contributed by atoms with E-state index in [9.17, 15) is 9.90 Å². The standard InChI is InChI=1S/C30H39FN2O3/c1-19-7-5-8-20(15-19)27-24(31)11-10-23-28(27)22(9-3-4-14-36-2)30(23)12-6-13-33(18-30)29(35)21-16-25(32)26(34)17-21/h5,7-8,10-11,15,21-22,25-26,34H,3-4,6,9,12-14,16-18,32H2,1-2H3/t21?,22-,25+,26-,30-/m0/s1. The van der Waals surface area contributed by atoms with Gasteiger partial charge >= 0.3 is 0 Å². The quantitative estimate of drug-likeness (QED) is 0.549. The van der Waals surface area contributed by atoms with Crippen LogP contribution in [0.25, 0.3) is 11.1 Å². The van der Waals surface area contributed by atoms with Gasteiger partial charge in [0.1, 0.15) is 5.82 Å². The number of fused-ring (bicyclic) bond motifs is 2. The predicted octanol–water partition coefficient (Wildman–Crippen LogP) is 4.67. The molecule has 6 heteroatoms. The second kappa shape index (κ2) is 10.2. The number of unbranched alkanes of at least 4 members (excludes halogenated alkanes) is 1. The molecule has 1 aliphatic heterocycles. The third-order valence-corrected chi connectivity index (χ3v) is 8.91. The average Bonchev–Trinajstić information content (AvgIpc) is 3.21. The summed E-state index contributed by atoms with van der Waals surface area (Å²) in [6, 6.07) is 11.4. The van der Waals surface area contributed by atoms with Gasteiger partial charge in [0, 0.05) is 49.7 Å². The maximum atomic E-state index is 15.4. The Labute approximate surface area is 213 Å². The lowest BCUT2D eigenvalue weighted by molar-refractivity contribution is -0.138. The van der Waals surface area contributed by atoms with Crippen LogP contribution >= 0.6 is 0 Å². The van der Waals surface area contributed by atoms with Gasteiger partial charge in [0.25, 0.3) is 0 Å². The number of aliphatic hydroxyl groups excluding tert-OH is 1. The topological polar surface area (TPSA) is 75.8 Å². The first-order valence-electron chi connectivity index (χ1n) is 13.5. The molecular weight excluding hydrogens is 455 g/mol. The number of carbonyl (C=O) groups is 1. The van der Waals surface area contributed by atoms with Crippen molar-refractivity contribution in [2.45, 2.75) is 75.3 Å². The highest BCUT2D eigenvalue weighted by Gasteiger charge is 2.55. The van der Waals surface area contributed by atoms with Crippen molar-refractivity contribution in [3.05, 3.63) is 58.9 Å². The van der Waals surface area contributed by atoms with Crippen LogP contribution in [0.4, 0.5) is 4.39 Å². The monoisotopic (exact) mass is 494 g/mol. The molecule has 194 valence electrons. The molecule has 1 saturated heterocycles. The molecule has 3 aliphatic rings. The maximum Gasteiger partial charge on any atom is 0.225 e. The van der Waals surface area contributed by atoms with Gasteiger partial charge in [-0.15, -0.1) is 0 Å². The molecule has 1 saturated carbocycles. The molecule has 1 spiro atoms. The van der Waals surface area contributed by atoms with Crippen LogP contribution in [0.15, 0.2) is 36.4 Å². The Morgan fingerprint density at radius 3 is 2.81 bits per heavy atom. The Kier molecular flexibility index (Phi) is 7.21. The SMILES string of the molecule is COCCCC[C@H]1c2c(ccc(F)c2-c2cccc(C)c2)[C@]12CCCN(C(=O)C1C[C@@H](N)[C@@H](O)C1)C2. The number of methoxy groups -OCH3 is 1. The van der Waals surface area contributed by atoms with Gasteiger partial charge in [0.2, 0.25) is 5.91 Å². The van der Waals surface area contributed by atoms with Crippen LogP contribution in [0, 0.1) is 18.7 Å². The molecule has 1 unspecified atom stereocenters. The Balaban J connectivity index is 1.49. The summed E-state index contributed by atoms with van der Waals surface area (Å²) < 4.78 is 20.7. The number of likely N-dealkylation sites (tertiary alicyclic amines) is 1. The van der Waals surface area contributed by atoms with Crippen molar-refractivity contribution in [1.82, 2.24) is 4.90 Å². The van der Waals surface area contributed by atoms with E-state index in [2.05, 4.69) is 6.07 Å². The molecular formula is C30H39FN2O3. The molecule has 5 rings (SSSR count). The van der Waals surface area contributed by atoms with E-state index in [4.69, 9.17) is 10.5 Å². The first kappa shape index (κ1) is 25.4. The molecule has 36 heavy (non-hydrogen) atoms. The molecule has 5 atom stereocenters. The van der Waals surface area contributed by atoms with E-state index in [1.165, 1.54) is 5.56 Å². The van der Waals surface area contributed by atoms with Crippen LogP contribution in [0.2, 0.25) is 0 Å². The number of hydrogen-bond donors (Lipinski definition) is 2. The highest BCUT2D eigenvalue weighted by atomic mass is 19.1. The second-order valence-electron chi connectivity index (χ2n) is 11.2. The van der Waals surface area contributed by atoms with E-state index in [1.54, 1.807) is 13.2 Å². The van der Waals surface area contributed by atoms with Crippen molar-refractivity contribution in [1.29, 1.82) is 0 Å². The minimum atomic E-state index is -0.601. The number of carbonyl (C=O) groups excluding carboxylic acids is 1. The molecule has 3 N–H and O–H groups in total. The highest BCUT2D eigenvalue weighted by molar-refractivity contribution is 5.81. The first-order valence-corrected chi connectivity index (χ1v) is 13.5. The normalized spacial score (nSPS) is 29.3. The zero-order valence-electron chi connectivity index (χ0n) is 21.5. The smallest absolute Gasteiger partial charge is 0.225 e. The number of rotatable bonds is 7. The van der Waals surface area contributed by atoms with Crippen LogP contribution in [0.5, 0.6) is 0 Å². The molecule has 2 aromatic rings. The number of nitrogens with zero attached hydrogens (tertiary/aromatic N) is 1. The van der Waals surface area contributed by atoms with E-state index < -0.39 is 6.10 Å². The van der Waals surface area contributed by atoms with Crippen molar-refractivity contribution in [3.8, 4) is 11.1 Å². The van der Waals surface area contributed by atoms with E-state index in [-0.39, 0.29) is 35.0 Å². The summed E-state index contributed by atoms with van der Waals surface area (Å²) in [6.45, 7) is 4.15. The van der Waals surface area contributed by atoms with E-state index >= 15 is 4.39 Å². The lowest BCUT2D eigenvalue weighted by Crippen LogP contribution is -2.57. The number of hydrogen-bond acceptors (Lipinski definition) is 4. The summed E-state index contributed by atoms with van der Waals surface area (Å²) in [5.41, 5.74) is 11.0. The molecule has 2 fully saturated rings. The third kappa shape index (κ3) is 4.37. The molecule has 0 bridgehead atoms. The number of aryl methyl sites for hydroxylation is 1. The summed E-state index contributed by atoms with van der Waals surface area (Å²) in [4.78, 5) is 15.5. The van der Waals surface area contributed by atoms with Crippen molar-refractivity contribution in [3.63, 3.8) is 0 Å². The first-order chi connectivity index (χ1) is 17.4. The van der Waals surface area contributed by atoms with Crippen LogP contribution in [-0.2, 0) is 14.9 Å². The third-order valence-electron chi connectivity index (χ3n) is 8.91. The van der Waals surface area contributed by atoms with Gasteiger partial charge in [0.15, 0.2) is 0 Å². The van der Waals surface area contributed by atoms with E-state index in [1.807, 2.05) is 36.1 Å². The van der Waals surface area contributed by atoms with Gasteiger partial charge < -0.3 is 20.5 Å². The molecule has 2 aromatic carbocycles. The maximum absolute atomic E-state index is 15.4. The van der Waals surface area contributed by atoms with E-state index in [0.717, 1.165) is 67.5 Å². The van der Waals surface area contributed by atoms with Crippen LogP contribution in [0.3, 0.4) is 0 Å². The van der Waals surface area contributed by atoms with Gasteiger partial charge in [-0.25, -0.2) is 4.39 Å². The number of benzene rings is 2. The minimum absolute atomic E-state index is 0.119. The number of piperidine rings is 1. The van der Waals surface area contributed by atoms with Crippen molar-refractivity contribution < 1.29 is 19.0 Å². The van der Waals surface area contributed by atoms with Gasteiger partial charge in [0.05, 0.1) is 6.10 Å². The van der Waals surface area contributed by atoms with Gasteiger partial charge in [-0.3, -0.25) is 4.79 Å². The summed E-state index contributed by atoms with van der Waals surface area (Å²) in [5.74, 6) is -0.0639. The summed E-state index contributed by atoms with van der Waals surface area (Å²) in [7, 11) is 1.72. The molecule has 1 heterocycles. The number of aliphatic hydroxyl groups is 1. The van der Waals surface area contributed by atoms with Crippen molar-refractivity contribution in [2.24, 2.45) is 11.7 Å². The van der Waals surface area contributed by atoms with Crippen LogP contribution < -0.4 is 5.73 Å². The largest absolute Gasteiger partial charge is 0.391 e. The summed E-state index contributed by atoms with van der Waals surface area (Å²) in [5, 5.41) is 10.1. The van der Waals surface area contributed by atoms with Crippen molar-refractivity contribution >= 4 is 5.91 Å². The fraction of sp³-hybridized carbons (Fsp3) is 0.567. The van der Waals surface area contributed by atoms with E-state index in [0.29, 0.717) is 19.4 Å².